The highest BCUT2D eigenvalue weighted by molar-refractivity contribution is 7.80. The van der Waals surface area contributed by atoms with Crippen LogP contribution in [0.5, 0.6) is 0 Å². The molecule has 0 aliphatic carbocycles. The van der Waals surface area contributed by atoms with Crippen LogP contribution in [-0.2, 0) is 0 Å². The van der Waals surface area contributed by atoms with E-state index in [0.717, 1.165) is 35.3 Å². The quantitative estimate of drug-likeness (QED) is 0.859. The van der Waals surface area contributed by atoms with E-state index in [-0.39, 0.29) is 0 Å². The first-order valence-electron chi connectivity index (χ1n) is 6.46. The Morgan fingerprint density at radius 1 is 1.44 bits per heavy atom. The highest BCUT2D eigenvalue weighted by atomic mass is 35.5. The van der Waals surface area contributed by atoms with E-state index in [2.05, 4.69) is 11.8 Å². The van der Waals surface area contributed by atoms with Gasteiger partial charge in [0.2, 0.25) is 0 Å². The molecule has 2 nitrogen and oxygen atoms in total. The Hall–Kier alpha value is -0.800. The number of hydrogen-bond acceptors (Lipinski definition) is 2. The zero-order chi connectivity index (χ0) is 13.1. The van der Waals surface area contributed by atoms with Crippen LogP contribution >= 0.6 is 23.8 Å². The summed E-state index contributed by atoms with van der Waals surface area (Å²) >= 11 is 11.3. The second-order valence-electron chi connectivity index (χ2n) is 4.87. The Balaban J connectivity index is 2.12. The molecule has 1 fully saturated rings. The molecule has 2 N–H and O–H groups in total. The molecule has 0 aromatic heterocycles. The Kier molecular flexibility index (Phi) is 4.46. The maximum absolute atomic E-state index is 6.32. The van der Waals surface area contributed by atoms with Gasteiger partial charge in [0.25, 0.3) is 0 Å². The zero-order valence-electron chi connectivity index (χ0n) is 10.7. The van der Waals surface area contributed by atoms with Crippen molar-refractivity contribution in [1.29, 1.82) is 0 Å². The number of benzene rings is 1. The molecule has 2 rings (SSSR count). The van der Waals surface area contributed by atoms with Crippen LogP contribution < -0.4 is 10.6 Å². The third-order valence-corrected chi connectivity index (χ3v) is 4.30. The van der Waals surface area contributed by atoms with Crippen molar-refractivity contribution in [1.82, 2.24) is 0 Å². The third-order valence-electron chi connectivity index (χ3n) is 3.76. The van der Waals surface area contributed by atoms with Gasteiger partial charge in [-0.25, -0.2) is 0 Å². The molecule has 18 heavy (non-hydrogen) atoms. The second-order valence-corrected chi connectivity index (χ2v) is 5.72. The van der Waals surface area contributed by atoms with E-state index in [1.54, 1.807) is 0 Å². The lowest BCUT2D eigenvalue weighted by Crippen LogP contribution is -2.33. The van der Waals surface area contributed by atoms with E-state index < -0.39 is 0 Å². The Bertz CT molecular complexity index is 439. The van der Waals surface area contributed by atoms with E-state index in [1.165, 1.54) is 19.3 Å². The predicted octanol–water partition coefficient (Wildman–Crippen LogP) is 3.60. The summed E-state index contributed by atoms with van der Waals surface area (Å²) in [5.74, 6) is 0.871. The van der Waals surface area contributed by atoms with Gasteiger partial charge < -0.3 is 10.6 Å². The molecule has 0 amide bonds. The average Bonchev–Trinajstić information content (AvgIpc) is 2.38. The van der Waals surface area contributed by atoms with Crippen molar-refractivity contribution in [3.05, 3.63) is 28.8 Å². The molecule has 1 aromatic rings. The third kappa shape index (κ3) is 2.96. The molecule has 0 spiro atoms. The average molecular weight is 283 g/mol. The van der Waals surface area contributed by atoms with E-state index in [1.807, 2.05) is 18.2 Å². The molecule has 98 valence electrons. The molecule has 1 aliphatic rings. The summed E-state index contributed by atoms with van der Waals surface area (Å²) in [7, 11) is 0. The molecule has 0 bridgehead atoms. The number of thiocarbonyl (C=S) groups is 1. The summed E-state index contributed by atoms with van der Waals surface area (Å²) in [5.41, 5.74) is 7.54. The minimum absolute atomic E-state index is 0.396. The fourth-order valence-electron chi connectivity index (χ4n) is 2.50. The number of nitrogens with two attached hydrogens (primary N) is 1. The lowest BCUT2D eigenvalue weighted by molar-refractivity contribution is 0.395. The molecule has 0 unspecified atom stereocenters. The largest absolute Gasteiger partial charge is 0.389 e. The van der Waals surface area contributed by atoms with Gasteiger partial charge in [-0.2, -0.15) is 0 Å². The van der Waals surface area contributed by atoms with E-state index in [9.17, 15) is 0 Å². The number of anilines is 1. The molecule has 4 heteroatoms. The van der Waals surface area contributed by atoms with E-state index >= 15 is 0 Å². The van der Waals surface area contributed by atoms with Crippen molar-refractivity contribution >= 4 is 34.5 Å². The van der Waals surface area contributed by atoms with Crippen LogP contribution in [0.1, 0.15) is 31.7 Å². The standard InChI is InChI=1S/C14H19ClN2S/c1-2-10-5-7-17(8-6-10)13-4-3-11(14(16)18)9-12(13)15/h3-4,9-10H,2,5-8H2,1H3,(H2,16,18). The maximum atomic E-state index is 6.32. The number of piperidine rings is 1. The van der Waals surface area contributed by atoms with Crippen LogP contribution in [-0.4, -0.2) is 18.1 Å². The number of halogens is 1. The molecular formula is C14H19ClN2S. The Morgan fingerprint density at radius 3 is 2.61 bits per heavy atom. The van der Waals surface area contributed by atoms with Crippen molar-refractivity contribution in [2.45, 2.75) is 26.2 Å². The van der Waals surface area contributed by atoms with E-state index in [0.29, 0.717) is 4.99 Å². The summed E-state index contributed by atoms with van der Waals surface area (Å²) in [4.78, 5) is 2.76. The number of nitrogens with zero attached hydrogens (tertiary/aromatic N) is 1. The number of hydrogen-bond donors (Lipinski definition) is 1. The first kappa shape index (κ1) is 13.6. The van der Waals surface area contributed by atoms with Crippen LogP contribution in [0.3, 0.4) is 0 Å². The minimum atomic E-state index is 0.396. The van der Waals surface area contributed by atoms with Crippen molar-refractivity contribution in [3.63, 3.8) is 0 Å². The smallest absolute Gasteiger partial charge is 0.104 e. The molecule has 0 saturated carbocycles. The summed E-state index contributed by atoms with van der Waals surface area (Å²) in [6.45, 7) is 4.44. The number of rotatable bonds is 3. The van der Waals surface area contributed by atoms with Gasteiger partial charge in [0, 0.05) is 18.7 Å². The van der Waals surface area contributed by atoms with Crippen LogP contribution in [0.25, 0.3) is 0 Å². The molecule has 1 saturated heterocycles. The predicted molar refractivity (Wildman–Crippen MR) is 82.6 cm³/mol. The van der Waals surface area contributed by atoms with Gasteiger partial charge in [-0.1, -0.05) is 37.2 Å². The van der Waals surface area contributed by atoms with Crippen molar-refractivity contribution in [3.8, 4) is 0 Å². The van der Waals surface area contributed by atoms with Crippen LogP contribution in [0, 0.1) is 5.92 Å². The lowest BCUT2D eigenvalue weighted by Gasteiger charge is -2.33. The van der Waals surface area contributed by atoms with Gasteiger partial charge in [0.15, 0.2) is 0 Å². The van der Waals surface area contributed by atoms with Gasteiger partial charge in [-0.15, -0.1) is 0 Å². The molecule has 1 aromatic carbocycles. The molecule has 1 aliphatic heterocycles. The Labute approximate surface area is 119 Å². The molecule has 0 atom stereocenters. The fraction of sp³-hybridized carbons (Fsp3) is 0.500. The van der Waals surface area contributed by atoms with Gasteiger partial charge in [-0.05, 0) is 37.0 Å². The van der Waals surface area contributed by atoms with Crippen molar-refractivity contribution < 1.29 is 0 Å². The van der Waals surface area contributed by atoms with Gasteiger partial charge in [-0.3, -0.25) is 0 Å². The molecule has 1 heterocycles. The van der Waals surface area contributed by atoms with Gasteiger partial charge >= 0.3 is 0 Å². The SMILES string of the molecule is CCC1CCN(c2ccc(C(N)=S)cc2Cl)CC1. The first-order valence-corrected chi connectivity index (χ1v) is 7.24. The van der Waals surface area contributed by atoms with Crippen LogP contribution in [0.15, 0.2) is 18.2 Å². The first-order chi connectivity index (χ1) is 8.61. The highest BCUT2D eigenvalue weighted by Gasteiger charge is 2.19. The van der Waals surface area contributed by atoms with Crippen LogP contribution in [0.2, 0.25) is 5.02 Å². The summed E-state index contributed by atoms with van der Waals surface area (Å²) < 4.78 is 0. The van der Waals surface area contributed by atoms with Gasteiger partial charge in [0.1, 0.15) is 4.99 Å². The Morgan fingerprint density at radius 2 is 2.11 bits per heavy atom. The topological polar surface area (TPSA) is 29.3 Å². The summed E-state index contributed by atoms with van der Waals surface area (Å²) in [6, 6.07) is 5.85. The lowest BCUT2D eigenvalue weighted by atomic mass is 9.94. The van der Waals surface area contributed by atoms with Crippen LogP contribution in [0.4, 0.5) is 5.69 Å². The monoisotopic (exact) mass is 282 g/mol. The maximum Gasteiger partial charge on any atom is 0.104 e. The second kappa shape index (κ2) is 5.89. The van der Waals surface area contributed by atoms with Crippen molar-refractivity contribution in [2.24, 2.45) is 11.7 Å². The van der Waals surface area contributed by atoms with Crippen molar-refractivity contribution in [2.75, 3.05) is 18.0 Å². The minimum Gasteiger partial charge on any atom is -0.389 e. The molecule has 0 radical (unpaired) electrons. The summed E-state index contributed by atoms with van der Waals surface area (Å²) in [6.07, 6.45) is 3.79. The highest BCUT2D eigenvalue weighted by Crippen LogP contribution is 2.31. The normalized spacial score (nSPS) is 16.9. The molecular weight excluding hydrogens is 264 g/mol. The summed E-state index contributed by atoms with van der Waals surface area (Å²) in [5, 5.41) is 0.746. The van der Waals surface area contributed by atoms with Gasteiger partial charge in [0.05, 0.1) is 10.7 Å². The van der Waals surface area contributed by atoms with E-state index in [4.69, 9.17) is 29.6 Å². The zero-order valence-corrected chi connectivity index (χ0v) is 12.2. The fourth-order valence-corrected chi connectivity index (χ4v) is 2.93.